The first-order valence-corrected chi connectivity index (χ1v) is 12.7. The molecule has 0 unspecified atom stereocenters. The number of carbonyl (C=O) groups is 1. The Kier molecular flexibility index (Phi) is 6.87. The topological polar surface area (TPSA) is 29.5 Å². The van der Waals surface area contributed by atoms with Crippen LogP contribution in [-0.2, 0) is 17.7 Å². The number of anilines is 1. The van der Waals surface area contributed by atoms with Crippen molar-refractivity contribution in [2.45, 2.75) is 38.8 Å². The van der Waals surface area contributed by atoms with Gasteiger partial charge in [0, 0.05) is 30.9 Å². The van der Waals surface area contributed by atoms with Crippen LogP contribution in [0.2, 0.25) is 0 Å². The maximum absolute atomic E-state index is 13.6. The molecule has 4 nitrogen and oxygen atoms in total. The van der Waals surface area contributed by atoms with Crippen molar-refractivity contribution < 1.29 is 18.4 Å². The number of nitrogens with zero attached hydrogens (tertiary/aromatic N) is 2. The van der Waals surface area contributed by atoms with E-state index in [-0.39, 0.29) is 18.0 Å². The minimum absolute atomic E-state index is 0.0682. The van der Waals surface area contributed by atoms with Crippen LogP contribution in [-0.4, -0.2) is 42.9 Å². The summed E-state index contributed by atoms with van der Waals surface area (Å²) in [4.78, 5) is 15.3. The second-order valence-corrected chi connectivity index (χ2v) is 10.2. The number of benzene rings is 3. The van der Waals surface area contributed by atoms with Gasteiger partial charge in [0.2, 0.25) is 0 Å². The van der Waals surface area contributed by atoms with Gasteiger partial charge in [-0.1, -0.05) is 54.6 Å². The third-order valence-corrected chi connectivity index (χ3v) is 7.80. The highest BCUT2D eigenvalue weighted by Crippen LogP contribution is 2.36. The predicted molar refractivity (Wildman–Crippen MR) is 137 cm³/mol. The van der Waals surface area contributed by atoms with Crippen LogP contribution in [0.25, 0.3) is 0 Å². The summed E-state index contributed by atoms with van der Waals surface area (Å²) in [6, 6.07) is 24.9. The van der Waals surface area contributed by atoms with Gasteiger partial charge in [-0.15, -0.1) is 0 Å². The highest BCUT2D eigenvalue weighted by Gasteiger charge is 2.47. The molecule has 3 aromatic rings. The van der Waals surface area contributed by atoms with Gasteiger partial charge in [0.15, 0.2) is 6.10 Å². The number of halogens is 1. The van der Waals surface area contributed by atoms with E-state index >= 15 is 0 Å². The zero-order valence-electron chi connectivity index (χ0n) is 20.4. The van der Waals surface area contributed by atoms with E-state index in [1.165, 1.54) is 30.8 Å². The van der Waals surface area contributed by atoms with Crippen molar-refractivity contribution in [3.63, 3.8) is 0 Å². The third-order valence-electron chi connectivity index (χ3n) is 7.80. The summed E-state index contributed by atoms with van der Waals surface area (Å²) in [5.74, 6) is 0.149. The SMILES string of the molecule is Cc1cccc(N(Cc2ccc(F)cc2)C(=O)O[C@H]2C[N+]3(CCc4ccccc4)CCC2CC3)c1. The standard InChI is InChI=1S/C30H34FN2O2/c1-23-6-5-9-28(20-23)32(21-25-10-12-27(31)13-11-25)30(34)35-29-22-33(18-15-26(29)16-19-33)17-14-24-7-3-2-4-8-24/h2-13,20,26,29H,14-19,21-22H2,1H3/q+1/t26?,29-,33?/m0/s1. The molecule has 35 heavy (non-hydrogen) atoms. The van der Waals surface area contributed by atoms with Crippen molar-refractivity contribution >= 4 is 11.8 Å². The lowest BCUT2D eigenvalue weighted by Gasteiger charge is -2.52. The molecule has 0 aliphatic carbocycles. The molecule has 3 aliphatic rings. The quantitative estimate of drug-likeness (QED) is 0.387. The normalized spacial score (nSPS) is 23.1. The molecule has 3 fully saturated rings. The van der Waals surface area contributed by atoms with E-state index in [0.717, 1.165) is 53.6 Å². The van der Waals surface area contributed by atoms with E-state index in [1.807, 2.05) is 31.2 Å². The molecule has 0 saturated carbocycles. The van der Waals surface area contributed by atoms with Crippen LogP contribution in [0.5, 0.6) is 0 Å². The molecule has 182 valence electrons. The molecular formula is C30H34FN2O2+. The van der Waals surface area contributed by atoms with Crippen molar-refractivity contribution in [2.75, 3.05) is 31.1 Å². The minimum atomic E-state index is -0.320. The average Bonchev–Trinajstić information content (AvgIpc) is 2.88. The van der Waals surface area contributed by atoms with Gasteiger partial charge in [-0.25, -0.2) is 9.18 Å². The summed E-state index contributed by atoms with van der Waals surface area (Å²) >= 11 is 0. The first-order chi connectivity index (χ1) is 17.0. The van der Waals surface area contributed by atoms with E-state index in [2.05, 4.69) is 30.3 Å². The van der Waals surface area contributed by atoms with Gasteiger partial charge in [0.25, 0.3) is 0 Å². The summed E-state index contributed by atoms with van der Waals surface area (Å²) in [7, 11) is 0. The van der Waals surface area contributed by atoms with E-state index in [0.29, 0.717) is 12.5 Å². The maximum atomic E-state index is 13.6. The Labute approximate surface area is 207 Å². The van der Waals surface area contributed by atoms with Crippen LogP contribution < -0.4 is 4.90 Å². The summed E-state index contributed by atoms with van der Waals surface area (Å²) in [6.07, 6.45) is 2.87. The van der Waals surface area contributed by atoms with Crippen molar-refractivity contribution in [3.05, 3.63) is 101 Å². The Morgan fingerprint density at radius 2 is 1.71 bits per heavy atom. The molecule has 2 bridgehead atoms. The number of amides is 1. The van der Waals surface area contributed by atoms with E-state index in [1.54, 1.807) is 17.0 Å². The number of piperidine rings is 3. The maximum Gasteiger partial charge on any atom is 0.415 e. The van der Waals surface area contributed by atoms with Crippen molar-refractivity contribution in [1.82, 2.24) is 0 Å². The highest BCUT2D eigenvalue weighted by molar-refractivity contribution is 5.87. The van der Waals surface area contributed by atoms with E-state index < -0.39 is 0 Å². The fraction of sp³-hybridized carbons (Fsp3) is 0.367. The Morgan fingerprint density at radius 1 is 0.971 bits per heavy atom. The van der Waals surface area contributed by atoms with Gasteiger partial charge in [0.1, 0.15) is 12.4 Å². The van der Waals surface area contributed by atoms with Crippen LogP contribution in [0, 0.1) is 18.7 Å². The smallest absolute Gasteiger partial charge is 0.415 e. The minimum Gasteiger partial charge on any atom is -0.440 e. The van der Waals surface area contributed by atoms with Gasteiger partial charge in [0.05, 0.1) is 26.2 Å². The van der Waals surface area contributed by atoms with Crippen molar-refractivity contribution in [1.29, 1.82) is 0 Å². The molecule has 3 heterocycles. The number of hydrogen-bond donors (Lipinski definition) is 0. The molecular weight excluding hydrogens is 439 g/mol. The molecule has 0 aromatic heterocycles. The Morgan fingerprint density at radius 3 is 2.43 bits per heavy atom. The molecule has 3 saturated heterocycles. The van der Waals surface area contributed by atoms with Crippen LogP contribution >= 0.6 is 0 Å². The number of carbonyl (C=O) groups excluding carboxylic acids is 1. The van der Waals surface area contributed by atoms with Gasteiger partial charge < -0.3 is 9.22 Å². The number of rotatable bonds is 7. The lowest BCUT2D eigenvalue weighted by Crippen LogP contribution is -2.65. The molecule has 6 rings (SSSR count). The molecule has 1 atom stereocenters. The summed E-state index contributed by atoms with van der Waals surface area (Å²) in [5, 5.41) is 0. The fourth-order valence-electron chi connectivity index (χ4n) is 5.70. The molecule has 0 spiro atoms. The summed E-state index contributed by atoms with van der Waals surface area (Å²) in [6.45, 7) is 6.67. The Hall–Kier alpha value is -3.18. The lowest BCUT2D eigenvalue weighted by molar-refractivity contribution is -0.945. The van der Waals surface area contributed by atoms with E-state index in [9.17, 15) is 9.18 Å². The van der Waals surface area contributed by atoms with Gasteiger partial charge >= 0.3 is 6.09 Å². The Bertz CT molecular complexity index is 1140. The predicted octanol–water partition coefficient (Wildman–Crippen LogP) is 6.13. The summed E-state index contributed by atoms with van der Waals surface area (Å²) in [5.41, 5.74) is 4.11. The number of fused-ring (bicyclic) bond motifs is 3. The number of ether oxygens (including phenoxy) is 1. The van der Waals surface area contributed by atoms with Crippen LogP contribution in [0.4, 0.5) is 14.9 Å². The van der Waals surface area contributed by atoms with Crippen molar-refractivity contribution in [3.8, 4) is 0 Å². The average molecular weight is 474 g/mol. The number of aryl methyl sites for hydroxylation is 1. The summed E-state index contributed by atoms with van der Waals surface area (Å²) < 4.78 is 20.7. The number of quaternary nitrogens is 1. The first-order valence-electron chi connectivity index (χ1n) is 12.7. The lowest BCUT2D eigenvalue weighted by atomic mass is 9.83. The van der Waals surface area contributed by atoms with Crippen molar-refractivity contribution in [2.24, 2.45) is 5.92 Å². The van der Waals surface area contributed by atoms with E-state index in [4.69, 9.17) is 4.74 Å². The number of hydrogen-bond acceptors (Lipinski definition) is 2. The van der Waals surface area contributed by atoms with Crippen LogP contribution in [0.1, 0.15) is 29.5 Å². The third kappa shape index (κ3) is 5.57. The second kappa shape index (κ2) is 10.2. The van der Waals surface area contributed by atoms with Gasteiger partial charge in [-0.05, 0) is 47.9 Å². The van der Waals surface area contributed by atoms with Gasteiger partial charge in [-0.3, -0.25) is 4.90 Å². The van der Waals surface area contributed by atoms with Gasteiger partial charge in [-0.2, -0.15) is 0 Å². The van der Waals surface area contributed by atoms with Crippen LogP contribution in [0.3, 0.4) is 0 Å². The second-order valence-electron chi connectivity index (χ2n) is 10.2. The molecule has 3 aliphatic heterocycles. The largest absolute Gasteiger partial charge is 0.440 e. The zero-order valence-corrected chi connectivity index (χ0v) is 20.4. The molecule has 5 heteroatoms. The Balaban J connectivity index is 1.31. The highest BCUT2D eigenvalue weighted by atomic mass is 19.1. The molecule has 3 aromatic carbocycles. The fourth-order valence-corrected chi connectivity index (χ4v) is 5.70. The van der Waals surface area contributed by atoms with Crippen LogP contribution in [0.15, 0.2) is 78.9 Å². The first kappa shape index (κ1) is 23.6. The monoisotopic (exact) mass is 473 g/mol. The zero-order chi connectivity index (χ0) is 24.3. The molecule has 1 amide bonds. The molecule has 0 radical (unpaired) electrons. The molecule has 0 N–H and O–H groups in total.